The summed E-state index contributed by atoms with van der Waals surface area (Å²) in [5.41, 5.74) is 0. The molecule has 2 rings (SSSR count). The number of hydrogen-bond acceptors (Lipinski definition) is 6. The maximum atomic E-state index is 12.1. The van der Waals surface area contributed by atoms with Crippen molar-refractivity contribution in [1.82, 2.24) is 29.9 Å². The van der Waals surface area contributed by atoms with Crippen LogP contribution >= 0.6 is 0 Å². The Morgan fingerprint density at radius 2 is 2.23 bits per heavy atom. The minimum atomic E-state index is 0.0332. The van der Waals surface area contributed by atoms with Crippen molar-refractivity contribution in [2.75, 3.05) is 53.5 Å². The lowest BCUT2D eigenvalue weighted by atomic mass is 10.4. The van der Waals surface area contributed by atoms with Gasteiger partial charge in [0.2, 0.25) is 5.91 Å². The second-order valence-electron chi connectivity index (χ2n) is 5.64. The van der Waals surface area contributed by atoms with Crippen molar-refractivity contribution in [2.24, 2.45) is 0 Å². The van der Waals surface area contributed by atoms with Gasteiger partial charge in [-0.15, -0.1) is 10.2 Å². The molecule has 1 N–H and O–H groups in total. The Bertz CT molecular complexity index is 464. The van der Waals surface area contributed by atoms with Crippen LogP contribution in [-0.4, -0.2) is 84.0 Å². The smallest absolute Gasteiger partial charge is 0.234 e. The van der Waals surface area contributed by atoms with Crippen LogP contribution in [0.3, 0.4) is 0 Å². The summed E-state index contributed by atoms with van der Waals surface area (Å²) in [6.45, 7) is 6.15. The van der Waals surface area contributed by atoms with Crippen molar-refractivity contribution in [2.45, 2.75) is 19.5 Å². The highest BCUT2D eigenvalue weighted by Gasteiger charge is 2.15. The van der Waals surface area contributed by atoms with Crippen molar-refractivity contribution in [1.29, 1.82) is 0 Å². The zero-order valence-corrected chi connectivity index (χ0v) is 13.5. The van der Waals surface area contributed by atoms with E-state index in [0.717, 1.165) is 38.4 Å². The standard InChI is InChI=1S/C14H26N6O2/c1-18-4-3-5-19(7-6-18)11-14(21)15-10-13-17-16-12-20(13)8-9-22-2/h12H,3-11H2,1-2H3,(H,15,21). The molecule has 0 aromatic carbocycles. The Morgan fingerprint density at radius 3 is 3.05 bits per heavy atom. The van der Waals surface area contributed by atoms with E-state index >= 15 is 0 Å². The van der Waals surface area contributed by atoms with Crippen molar-refractivity contribution < 1.29 is 9.53 Å². The fourth-order valence-electron chi connectivity index (χ4n) is 2.49. The van der Waals surface area contributed by atoms with Gasteiger partial charge in [0.05, 0.1) is 19.7 Å². The van der Waals surface area contributed by atoms with Crippen LogP contribution in [0.1, 0.15) is 12.2 Å². The van der Waals surface area contributed by atoms with Gasteiger partial charge >= 0.3 is 0 Å². The molecule has 0 unspecified atom stereocenters. The van der Waals surface area contributed by atoms with Gasteiger partial charge in [0.15, 0.2) is 5.82 Å². The Hall–Kier alpha value is -1.51. The van der Waals surface area contributed by atoms with E-state index in [2.05, 4.69) is 32.4 Å². The van der Waals surface area contributed by atoms with Crippen molar-refractivity contribution >= 4 is 5.91 Å². The number of carbonyl (C=O) groups excluding carboxylic acids is 1. The minimum Gasteiger partial charge on any atom is -0.383 e. The highest BCUT2D eigenvalue weighted by molar-refractivity contribution is 5.77. The molecule has 8 nitrogen and oxygen atoms in total. The maximum absolute atomic E-state index is 12.1. The van der Waals surface area contributed by atoms with E-state index in [9.17, 15) is 4.79 Å². The molecule has 1 aromatic heterocycles. The summed E-state index contributed by atoms with van der Waals surface area (Å²) in [4.78, 5) is 16.6. The molecule has 0 bridgehead atoms. The van der Waals surface area contributed by atoms with Gasteiger partial charge in [-0.05, 0) is 26.6 Å². The monoisotopic (exact) mass is 310 g/mol. The van der Waals surface area contributed by atoms with E-state index in [1.807, 2.05) is 4.57 Å². The summed E-state index contributed by atoms with van der Waals surface area (Å²) < 4.78 is 6.94. The molecule has 22 heavy (non-hydrogen) atoms. The Kier molecular flexibility index (Phi) is 6.75. The molecule has 1 aliphatic rings. The second kappa shape index (κ2) is 8.82. The van der Waals surface area contributed by atoms with Crippen molar-refractivity contribution in [3.63, 3.8) is 0 Å². The molecule has 0 radical (unpaired) electrons. The van der Waals surface area contributed by atoms with Crippen LogP contribution in [0.15, 0.2) is 6.33 Å². The fourth-order valence-corrected chi connectivity index (χ4v) is 2.49. The highest BCUT2D eigenvalue weighted by Crippen LogP contribution is 2.01. The van der Waals surface area contributed by atoms with Crippen LogP contribution in [0.2, 0.25) is 0 Å². The Labute approximate surface area is 131 Å². The normalized spacial score (nSPS) is 17.4. The van der Waals surface area contributed by atoms with E-state index < -0.39 is 0 Å². The van der Waals surface area contributed by atoms with Gasteiger partial charge in [0, 0.05) is 26.7 Å². The van der Waals surface area contributed by atoms with Crippen LogP contribution < -0.4 is 5.32 Å². The second-order valence-corrected chi connectivity index (χ2v) is 5.64. The van der Waals surface area contributed by atoms with Gasteiger partial charge in [-0.3, -0.25) is 9.69 Å². The van der Waals surface area contributed by atoms with E-state index in [0.29, 0.717) is 26.2 Å². The molecule has 0 aliphatic carbocycles. The average molecular weight is 310 g/mol. The van der Waals surface area contributed by atoms with E-state index in [1.165, 1.54) is 0 Å². The van der Waals surface area contributed by atoms with Gasteiger partial charge in [0.1, 0.15) is 6.33 Å². The molecule has 0 atom stereocenters. The van der Waals surface area contributed by atoms with Crippen molar-refractivity contribution in [3.05, 3.63) is 12.2 Å². The first-order valence-electron chi connectivity index (χ1n) is 7.72. The first-order valence-corrected chi connectivity index (χ1v) is 7.72. The molecular formula is C14H26N6O2. The van der Waals surface area contributed by atoms with Crippen molar-refractivity contribution in [3.8, 4) is 0 Å². The summed E-state index contributed by atoms with van der Waals surface area (Å²) in [7, 11) is 3.78. The molecule has 0 saturated carbocycles. The lowest BCUT2D eigenvalue weighted by Crippen LogP contribution is -2.39. The third-order valence-corrected chi connectivity index (χ3v) is 3.86. The summed E-state index contributed by atoms with van der Waals surface area (Å²) >= 11 is 0. The minimum absolute atomic E-state index is 0.0332. The number of nitrogens with one attached hydrogen (secondary N) is 1. The van der Waals surface area contributed by atoms with Gasteiger partial charge < -0.3 is 19.5 Å². The molecule has 8 heteroatoms. The van der Waals surface area contributed by atoms with Crippen LogP contribution in [0.25, 0.3) is 0 Å². The van der Waals surface area contributed by atoms with Gasteiger partial charge in [-0.1, -0.05) is 0 Å². The van der Waals surface area contributed by atoms with Crippen LogP contribution in [-0.2, 0) is 22.6 Å². The van der Waals surface area contributed by atoms with E-state index in [4.69, 9.17) is 4.74 Å². The first-order chi connectivity index (χ1) is 10.7. The predicted octanol–water partition coefficient (Wildman–Crippen LogP) is -0.822. The fraction of sp³-hybridized carbons (Fsp3) is 0.786. The maximum Gasteiger partial charge on any atom is 0.234 e. The van der Waals surface area contributed by atoms with Crippen LogP contribution in [0.5, 0.6) is 0 Å². The van der Waals surface area contributed by atoms with Gasteiger partial charge in [-0.2, -0.15) is 0 Å². The van der Waals surface area contributed by atoms with Gasteiger partial charge in [0.25, 0.3) is 0 Å². The summed E-state index contributed by atoms with van der Waals surface area (Å²) in [5.74, 6) is 0.784. The highest BCUT2D eigenvalue weighted by atomic mass is 16.5. The number of hydrogen-bond donors (Lipinski definition) is 1. The molecule has 124 valence electrons. The molecule has 1 aliphatic heterocycles. The molecule has 1 aromatic rings. The summed E-state index contributed by atoms with van der Waals surface area (Å²) in [5, 5.41) is 10.8. The number of carbonyl (C=O) groups is 1. The van der Waals surface area contributed by atoms with E-state index in [1.54, 1.807) is 13.4 Å². The molecule has 1 fully saturated rings. The Morgan fingerprint density at radius 1 is 1.36 bits per heavy atom. The molecule has 2 heterocycles. The zero-order valence-electron chi connectivity index (χ0n) is 13.5. The van der Waals surface area contributed by atoms with Gasteiger partial charge in [-0.25, -0.2) is 0 Å². The lowest BCUT2D eigenvalue weighted by Gasteiger charge is -2.19. The summed E-state index contributed by atoms with van der Waals surface area (Å²) in [6, 6.07) is 0. The molecular weight excluding hydrogens is 284 g/mol. The largest absolute Gasteiger partial charge is 0.383 e. The number of rotatable bonds is 7. The lowest BCUT2D eigenvalue weighted by molar-refractivity contribution is -0.122. The SMILES string of the molecule is COCCn1cnnc1CNC(=O)CN1CCCN(C)CC1. The predicted molar refractivity (Wildman–Crippen MR) is 82.3 cm³/mol. The number of ether oxygens (including phenoxy) is 1. The number of amides is 1. The molecule has 1 amide bonds. The average Bonchev–Trinajstić information content (AvgIpc) is 2.86. The zero-order chi connectivity index (χ0) is 15.8. The Balaban J connectivity index is 1.74. The number of methoxy groups -OCH3 is 1. The summed E-state index contributed by atoms with van der Waals surface area (Å²) in [6.07, 6.45) is 2.76. The number of likely N-dealkylation sites (N-methyl/N-ethyl adjacent to an activating group) is 1. The topological polar surface area (TPSA) is 75.5 Å². The quantitative estimate of drug-likeness (QED) is 0.709. The van der Waals surface area contributed by atoms with Crippen LogP contribution in [0.4, 0.5) is 0 Å². The van der Waals surface area contributed by atoms with Crippen LogP contribution in [0, 0.1) is 0 Å². The third-order valence-electron chi connectivity index (χ3n) is 3.86. The van der Waals surface area contributed by atoms with E-state index in [-0.39, 0.29) is 5.91 Å². The number of nitrogens with zero attached hydrogens (tertiary/aromatic N) is 5. The molecule has 0 spiro atoms. The molecule has 1 saturated heterocycles. The number of aromatic nitrogens is 3. The first kappa shape index (κ1) is 16.9. The third kappa shape index (κ3) is 5.36.